The van der Waals surface area contributed by atoms with E-state index < -0.39 is 0 Å². The fourth-order valence-electron chi connectivity index (χ4n) is 2.45. The van der Waals surface area contributed by atoms with E-state index in [9.17, 15) is 9.59 Å². The van der Waals surface area contributed by atoms with Crippen molar-refractivity contribution in [2.45, 2.75) is 31.7 Å². The van der Waals surface area contributed by atoms with Crippen molar-refractivity contribution < 1.29 is 9.59 Å². The number of carbonyl (C=O) groups excluding carboxylic acids is 2. The van der Waals surface area contributed by atoms with Crippen molar-refractivity contribution >= 4 is 11.8 Å². The van der Waals surface area contributed by atoms with E-state index in [4.69, 9.17) is 0 Å². The number of amides is 2. The number of aromatic amines is 1. The van der Waals surface area contributed by atoms with Crippen LogP contribution in [0.3, 0.4) is 0 Å². The van der Waals surface area contributed by atoms with Crippen LogP contribution in [0, 0.1) is 5.92 Å². The lowest BCUT2D eigenvalue weighted by atomic mass is 10.0. The summed E-state index contributed by atoms with van der Waals surface area (Å²) in [4.78, 5) is 25.7. The van der Waals surface area contributed by atoms with Gasteiger partial charge < -0.3 is 10.2 Å². The molecule has 0 aromatic carbocycles. The number of piperidine rings is 1. The first-order valence-electron chi connectivity index (χ1n) is 6.69. The average Bonchev–Trinajstić information content (AvgIpc) is 3.12. The van der Waals surface area contributed by atoms with E-state index >= 15 is 0 Å². The molecule has 2 aliphatic rings. The van der Waals surface area contributed by atoms with Gasteiger partial charge in [-0.3, -0.25) is 9.59 Å². The third-order valence-electron chi connectivity index (χ3n) is 3.64. The van der Waals surface area contributed by atoms with Crippen LogP contribution in [0.4, 0.5) is 0 Å². The topological polar surface area (TPSA) is 91.0 Å². The molecule has 0 unspecified atom stereocenters. The highest BCUT2D eigenvalue weighted by molar-refractivity contribution is 5.92. The van der Waals surface area contributed by atoms with Crippen molar-refractivity contribution in [3.8, 4) is 0 Å². The minimum Gasteiger partial charge on any atom is -0.346 e. The predicted molar refractivity (Wildman–Crippen MR) is 66.2 cm³/mol. The molecule has 1 atom stereocenters. The third-order valence-corrected chi connectivity index (χ3v) is 3.64. The van der Waals surface area contributed by atoms with E-state index in [1.54, 1.807) is 0 Å². The van der Waals surface area contributed by atoms with Crippen LogP contribution in [-0.2, 0) is 4.79 Å². The van der Waals surface area contributed by atoms with Gasteiger partial charge in [-0.2, -0.15) is 15.4 Å². The van der Waals surface area contributed by atoms with Crippen LogP contribution in [-0.4, -0.2) is 51.3 Å². The second-order valence-corrected chi connectivity index (χ2v) is 5.23. The van der Waals surface area contributed by atoms with Gasteiger partial charge in [-0.25, -0.2) is 0 Å². The highest BCUT2D eigenvalue weighted by Gasteiger charge is 2.35. The Morgan fingerprint density at radius 1 is 1.37 bits per heavy atom. The molecule has 3 rings (SSSR count). The van der Waals surface area contributed by atoms with Crippen LogP contribution in [0.5, 0.6) is 0 Å². The number of nitrogens with one attached hydrogen (secondary N) is 2. The molecule has 2 fully saturated rings. The molecular weight excluding hydrogens is 246 g/mol. The molecule has 7 heteroatoms. The normalized spacial score (nSPS) is 23.2. The van der Waals surface area contributed by atoms with Gasteiger partial charge in [-0.05, 0) is 25.7 Å². The van der Waals surface area contributed by atoms with Gasteiger partial charge in [-0.15, -0.1) is 0 Å². The van der Waals surface area contributed by atoms with Gasteiger partial charge in [-0.1, -0.05) is 0 Å². The Bertz CT molecular complexity index is 468. The number of hydrogen-bond acceptors (Lipinski definition) is 4. The SMILES string of the molecule is O=C(N[C@H]1CCCN(C(=O)C2CC2)C1)c1cn[nH]n1. The van der Waals surface area contributed by atoms with Gasteiger partial charge in [0.25, 0.3) is 5.91 Å². The molecule has 102 valence electrons. The van der Waals surface area contributed by atoms with Crippen molar-refractivity contribution in [3.05, 3.63) is 11.9 Å². The Labute approximate surface area is 110 Å². The van der Waals surface area contributed by atoms with Gasteiger partial charge in [0.15, 0.2) is 5.69 Å². The molecule has 0 radical (unpaired) electrons. The molecule has 2 heterocycles. The lowest BCUT2D eigenvalue weighted by Gasteiger charge is -2.33. The summed E-state index contributed by atoms with van der Waals surface area (Å²) in [6.45, 7) is 1.42. The second-order valence-electron chi connectivity index (χ2n) is 5.23. The molecule has 1 saturated heterocycles. The summed E-state index contributed by atoms with van der Waals surface area (Å²) in [6, 6.07) is 0.0145. The van der Waals surface area contributed by atoms with E-state index in [-0.39, 0.29) is 29.5 Å². The van der Waals surface area contributed by atoms with E-state index in [1.807, 2.05) is 4.90 Å². The lowest BCUT2D eigenvalue weighted by Crippen LogP contribution is -2.50. The molecule has 2 amide bonds. The predicted octanol–water partition coefficient (Wildman–Crippen LogP) is -0.0645. The summed E-state index contributed by atoms with van der Waals surface area (Å²) >= 11 is 0. The number of likely N-dealkylation sites (tertiary alicyclic amines) is 1. The standard InChI is InChI=1S/C12H17N5O2/c18-11(10-6-13-16-15-10)14-9-2-1-5-17(7-9)12(19)8-3-4-8/h6,8-9H,1-5,7H2,(H,14,18)(H,13,15,16)/t9-/m0/s1. The van der Waals surface area contributed by atoms with Gasteiger partial charge >= 0.3 is 0 Å². The first-order valence-corrected chi connectivity index (χ1v) is 6.69. The molecule has 1 aliphatic heterocycles. The fourth-order valence-corrected chi connectivity index (χ4v) is 2.45. The lowest BCUT2D eigenvalue weighted by molar-refractivity contribution is -0.133. The van der Waals surface area contributed by atoms with Crippen LogP contribution in [0.25, 0.3) is 0 Å². The zero-order chi connectivity index (χ0) is 13.2. The maximum atomic E-state index is 12.0. The Morgan fingerprint density at radius 2 is 2.21 bits per heavy atom. The molecule has 2 N–H and O–H groups in total. The summed E-state index contributed by atoms with van der Waals surface area (Å²) in [5.74, 6) is 0.254. The van der Waals surface area contributed by atoms with Gasteiger partial charge in [0.2, 0.25) is 5.91 Å². The first-order chi connectivity index (χ1) is 9.24. The largest absolute Gasteiger partial charge is 0.346 e. The van der Waals surface area contributed by atoms with Crippen molar-refractivity contribution in [3.63, 3.8) is 0 Å². The second kappa shape index (κ2) is 4.99. The minimum absolute atomic E-state index is 0.0145. The van der Waals surface area contributed by atoms with Crippen LogP contribution in [0.1, 0.15) is 36.2 Å². The van der Waals surface area contributed by atoms with Crippen LogP contribution < -0.4 is 5.32 Å². The molecule has 1 aromatic heterocycles. The van der Waals surface area contributed by atoms with Crippen LogP contribution >= 0.6 is 0 Å². The van der Waals surface area contributed by atoms with Crippen molar-refractivity contribution in [1.82, 2.24) is 25.6 Å². The molecule has 19 heavy (non-hydrogen) atoms. The molecule has 0 bridgehead atoms. The molecular formula is C12H17N5O2. The Kier molecular flexibility index (Phi) is 3.18. The molecule has 1 aliphatic carbocycles. The highest BCUT2D eigenvalue weighted by atomic mass is 16.2. The number of rotatable bonds is 3. The summed E-state index contributed by atoms with van der Waals surface area (Å²) in [7, 11) is 0. The monoisotopic (exact) mass is 263 g/mol. The quantitative estimate of drug-likeness (QED) is 0.799. The maximum Gasteiger partial charge on any atom is 0.273 e. The van der Waals surface area contributed by atoms with E-state index in [0.29, 0.717) is 6.54 Å². The summed E-state index contributed by atoms with van der Waals surface area (Å²) in [6.07, 6.45) is 5.27. The van der Waals surface area contributed by atoms with Crippen molar-refractivity contribution in [2.75, 3.05) is 13.1 Å². The van der Waals surface area contributed by atoms with Crippen LogP contribution in [0.2, 0.25) is 0 Å². The van der Waals surface area contributed by atoms with E-state index in [1.165, 1.54) is 6.20 Å². The molecule has 7 nitrogen and oxygen atoms in total. The summed E-state index contributed by atoms with van der Waals surface area (Å²) in [5.41, 5.74) is 0.283. The molecule has 0 spiro atoms. The van der Waals surface area contributed by atoms with Crippen molar-refractivity contribution in [2.24, 2.45) is 5.92 Å². The van der Waals surface area contributed by atoms with Crippen LogP contribution in [0.15, 0.2) is 6.20 Å². The summed E-state index contributed by atoms with van der Waals surface area (Å²) < 4.78 is 0. The minimum atomic E-state index is -0.237. The average molecular weight is 263 g/mol. The first kappa shape index (κ1) is 12.1. The number of nitrogens with zero attached hydrogens (tertiary/aromatic N) is 3. The van der Waals surface area contributed by atoms with Crippen molar-refractivity contribution in [1.29, 1.82) is 0 Å². The summed E-state index contributed by atoms with van der Waals surface area (Å²) in [5, 5.41) is 12.7. The maximum absolute atomic E-state index is 12.0. The third kappa shape index (κ3) is 2.74. The number of hydrogen-bond donors (Lipinski definition) is 2. The highest BCUT2D eigenvalue weighted by Crippen LogP contribution is 2.31. The zero-order valence-electron chi connectivity index (χ0n) is 10.6. The Balaban J connectivity index is 1.56. The van der Waals surface area contributed by atoms with E-state index in [2.05, 4.69) is 20.7 Å². The number of aromatic nitrogens is 3. The molecule has 1 saturated carbocycles. The van der Waals surface area contributed by atoms with Gasteiger partial charge in [0.1, 0.15) is 0 Å². The fraction of sp³-hybridized carbons (Fsp3) is 0.667. The van der Waals surface area contributed by atoms with Gasteiger partial charge in [0, 0.05) is 25.0 Å². The van der Waals surface area contributed by atoms with E-state index in [0.717, 1.165) is 32.2 Å². The molecule has 1 aromatic rings. The number of carbonyl (C=O) groups is 2. The zero-order valence-corrected chi connectivity index (χ0v) is 10.6. The number of H-pyrrole nitrogens is 1. The smallest absolute Gasteiger partial charge is 0.273 e. The van der Waals surface area contributed by atoms with Gasteiger partial charge in [0.05, 0.1) is 6.20 Å². The Hall–Kier alpha value is -1.92. The Morgan fingerprint density at radius 3 is 2.89 bits per heavy atom.